The number of nitrogens with one attached hydrogen (secondary N) is 2. The summed E-state index contributed by atoms with van der Waals surface area (Å²) in [5.41, 5.74) is 0.594. The lowest BCUT2D eigenvalue weighted by molar-refractivity contribution is -0.126. The minimum absolute atomic E-state index is 0.0611. The molecular formula is C15H17N5O3. The lowest BCUT2D eigenvalue weighted by Gasteiger charge is -2.22. The molecule has 8 heteroatoms. The van der Waals surface area contributed by atoms with Crippen LogP contribution in [0.5, 0.6) is 5.75 Å². The Bertz CT molecular complexity index is 727. The summed E-state index contributed by atoms with van der Waals surface area (Å²) < 4.78 is 7.05. The van der Waals surface area contributed by atoms with Gasteiger partial charge in [-0.1, -0.05) is 12.1 Å². The number of rotatable bonds is 5. The first-order valence-electron chi connectivity index (χ1n) is 7.37. The van der Waals surface area contributed by atoms with Crippen LogP contribution in [0.1, 0.15) is 13.3 Å². The van der Waals surface area contributed by atoms with Gasteiger partial charge in [0.1, 0.15) is 12.1 Å². The number of ether oxygens (including phenoxy) is 1. The van der Waals surface area contributed by atoms with Gasteiger partial charge in [-0.2, -0.15) is 10.1 Å². The molecule has 1 unspecified atom stereocenters. The van der Waals surface area contributed by atoms with Crippen molar-refractivity contribution in [3.8, 4) is 5.75 Å². The van der Waals surface area contributed by atoms with Crippen molar-refractivity contribution in [2.24, 2.45) is 5.92 Å². The molecule has 23 heavy (non-hydrogen) atoms. The molecule has 1 aliphatic rings. The smallest absolute Gasteiger partial charge is 0.232 e. The van der Waals surface area contributed by atoms with Crippen molar-refractivity contribution in [1.82, 2.24) is 14.8 Å². The van der Waals surface area contributed by atoms with E-state index in [1.807, 2.05) is 19.1 Å². The van der Waals surface area contributed by atoms with Crippen LogP contribution in [0.15, 0.2) is 30.6 Å². The Balaban J connectivity index is 1.65. The molecule has 2 amide bonds. The van der Waals surface area contributed by atoms with Gasteiger partial charge in [-0.05, 0) is 19.1 Å². The Morgan fingerprint density at radius 2 is 2.30 bits per heavy atom. The molecule has 0 saturated heterocycles. The second-order valence-electron chi connectivity index (χ2n) is 5.13. The van der Waals surface area contributed by atoms with Crippen LogP contribution >= 0.6 is 0 Å². The number of fused-ring (bicyclic) bond motifs is 1. The van der Waals surface area contributed by atoms with E-state index >= 15 is 0 Å². The molecule has 1 aromatic carbocycles. The molecule has 0 radical (unpaired) electrons. The first-order chi connectivity index (χ1) is 11.2. The Labute approximate surface area is 132 Å². The van der Waals surface area contributed by atoms with Gasteiger partial charge in [-0.3, -0.25) is 14.9 Å². The molecule has 2 N–H and O–H groups in total. The highest BCUT2D eigenvalue weighted by Crippen LogP contribution is 2.25. The molecule has 120 valence electrons. The standard InChI is InChI=1S/C15H17N5O3/c1-2-23-12-6-4-3-5-11(12)18-13(21)7-10-8-20-15(16-9-17-20)19-14(10)22/h3-6,9-10H,2,7-8H2,1H3,(H,18,21)(H,16,17,19,22). The minimum atomic E-state index is -0.483. The van der Waals surface area contributed by atoms with Crippen molar-refractivity contribution in [2.45, 2.75) is 19.9 Å². The maximum Gasteiger partial charge on any atom is 0.232 e. The third kappa shape index (κ3) is 3.31. The molecule has 0 aliphatic carbocycles. The van der Waals surface area contributed by atoms with E-state index in [4.69, 9.17) is 4.74 Å². The summed E-state index contributed by atoms with van der Waals surface area (Å²) in [5, 5.41) is 9.44. The molecule has 0 spiro atoms. The average molecular weight is 315 g/mol. The molecule has 2 heterocycles. The summed E-state index contributed by atoms with van der Waals surface area (Å²) in [6.45, 7) is 2.72. The van der Waals surface area contributed by atoms with Crippen molar-refractivity contribution in [3.05, 3.63) is 30.6 Å². The molecule has 3 rings (SSSR count). The van der Waals surface area contributed by atoms with E-state index in [0.717, 1.165) is 0 Å². The highest BCUT2D eigenvalue weighted by Gasteiger charge is 2.29. The van der Waals surface area contributed by atoms with E-state index in [-0.39, 0.29) is 18.2 Å². The number of carbonyl (C=O) groups is 2. The fourth-order valence-electron chi connectivity index (χ4n) is 2.43. The van der Waals surface area contributed by atoms with Crippen LogP contribution in [0.4, 0.5) is 11.6 Å². The number of aromatic nitrogens is 3. The Morgan fingerprint density at radius 3 is 3.13 bits per heavy atom. The Hall–Kier alpha value is -2.90. The zero-order chi connectivity index (χ0) is 16.2. The molecule has 1 aromatic heterocycles. The summed E-state index contributed by atoms with van der Waals surface area (Å²) in [6.07, 6.45) is 1.43. The highest BCUT2D eigenvalue weighted by molar-refractivity contribution is 5.98. The van der Waals surface area contributed by atoms with Crippen LogP contribution in [-0.4, -0.2) is 33.2 Å². The molecule has 0 bridgehead atoms. The zero-order valence-corrected chi connectivity index (χ0v) is 12.7. The maximum atomic E-state index is 12.2. The quantitative estimate of drug-likeness (QED) is 0.866. The minimum Gasteiger partial charge on any atom is -0.492 e. The third-order valence-electron chi connectivity index (χ3n) is 3.51. The van der Waals surface area contributed by atoms with E-state index in [9.17, 15) is 9.59 Å². The second-order valence-corrected chi connectivity index (χ2v) is 5.13. The summed E-state index contributed by atoms with van der Waals surface area (Å²) in [7, 11) is 0. The number of amides is 2. The molecule has 8 nitrogen and oxygen atoms in total. The third-order valence-corrected chi connectivity index (χ3v) is 3.51. The van der Waals surface area contributed by atoms with Gasteiger partial charge >= 0.3 is 0 Å². The number of benzene rings is 1. The summed E-state index contributed by atoms with van der Waals surface area (Å²) in [6, 6.07) is 7.20. The van der Waals surface area contributed by atoms with Crippen molar-refractivity contribution in [2.75, 3.05) is 17.2 Å². The lowest BCUT2D eigenvalue weighted by Crippen LogP contribution is -2.36. The van der Waals surface area contributed by atoms with E-state index in [2.05, 4.69) is 20.7 Å². The maximum absolute atomic E-state index is 12.2. The van der Waals surface area contributed by atoms with Crippen LogP contribution < -0.4 is 15.4 Å². The number of nitrogens with zero attached hydrogens (tertiary/aromatic N) is 3. The molecule has 0 fully saturated rings. The summed E-state index contributed by atoms with van der Waals surface area (Å²) in [5.74, 6) is 0.0615. The van der Waals surface area contributed by atoms with Gasteiger partial charge in [0, 0.05) is 6.42 Å². The van der Waals surface area contributed by atoms with Gasteiger partial charge in [-0.15, -0.1) is 0 Å². The number of hydrogen-bond acceptors (Lipinski definition) is 5. The predicted octanol–water partition coefficient (Wildman–Crippen LogP) is 1.27. The van der Waals surface area contributed by atoms with Crippen LogP contribution in [0.25, 0.3) is 0 Å². The summed E-state index contributed by atoms with van der Waals surface area (Å²) in [4.78, 5) is 28.2. The first-order valence-corrected chi connectivity index (χ1v) is 7.37. The van der Waals surface area contributed by atoms with Crippen LogP contribution in [-0.2, 0) is 16.1 Å². The van der Waals surface area contributed by atoms with Crippen LogP contribution in [0, 0.1) is 5.92 Å². The van der Waals surface area contributed by atoms with Crippen LogP contribution in [0.3, 0.4) is 0 Å². The topological polar surface area (TPSA) is 98.1 Å². The van der Waals surface area contributed by atoms with Crippen LogP contribution in [0.2, 0.25) is 0 Å². The van der Waals surface area contributed by atoms with Crippen molar-refractivity contribution >= 4 is 23.5 Å². The van der Waals surface area contributed by atoms with E-state index < -0.39 is 5.92 Å². The second kappa shape index (κ2) is 6.47. The van der Waals surface area contributed by atoms with Gasteiger partial charge in [0.25, 0.3) is 0 Å². The fourth-order valence-corrected chi connectivity index (χ4v) is 2.43. The normalized spacial score (nSPS) is 16.4. The monoisotopic (exact) mass is 315 g/mol. The SMILES string of the molecule is CCOc1ccccc1NC(=O)CC1Cn2ncnc2NC1=O. The van der Waals surface area contributed by atoms with Gasteiger partial charge in [0.05, 0.1) is 24.8 Å². The molecule has 2 aromatic rings. The number of para-hydroxylation sites is 2. The number of carbonyl (C=O) groups excluding carboxylic acids is 2. The number of hydrogen-bond donors (Lipinski definition) is 2. The largest absolute Gasteiger partial charge is 0.492 e. The van der Waals surface area contributed by atoms with Crippen molar-refractivity contribution < 1.29 is 14.3 Å². The van der Waals surface area contributed by atoms with Gasteiger partial charge < -0.3 is 10.1 Å². The van der Waals surface area contributed by atoms with Crippen molar-refractivity contribution in [1.29, 1.82) is 0 Å². The van der Waals surface area contributed by atoms with E-state index in [1.165, 1.54) is 6.33 Å². The fraction of sp³-hybridized carbons (Fsp3) is 0.333. The predicted molar refractivity (Wildman–Crippen MR) is 83.0 cm³/mol. The van der Waals surface area contributed by atoms with E-state index in [0.29, 0.717) is 30.5 Å². The zero-order valence-electron chi connectivity index (χ0n) is 12.7. The molecule has 1 atom stereocenters. The Kier molecular flexibility index (Phi) is 4.22. The molecular weight excluding hydrogens is 298 g/mol. The highest BCUT2D eigenvalue weighted by atomic mass is 16.5. The lowest BCUT2D eigenvalue weighted by atomic mass is 10.0. The molecule has 0 saturated carbocycles. The van der Waals surface area contributed by atoms with Gasteiger partial charge in [0.2, 0.25) is 17.8 Å². The molecule has 1 aliphatic heterocycles. The Morgan fingerprint density at radius 1 is 1.48 bits per heavy atom. The van der Waals surface area contributed by atoms with Crippen molar-refractivity contribution in [3.63, 3.8) is 0 Å². The summed E-state index contributed by atoms with van der Waals surface area (Å²) >= 11 is 0. The van der Waals surface area contributed by atoms with E-state index in [1.54, 1.807) is 16.8 Å². The number of anilines is 2. The average Bonchev–Trinajstić information content (AvgIpc) is 2.97. The first kappa shape index (κ1) is 15.0. The van der Waals surface area contributed by atoms with Gasteiger partial charge in [-0.25, -0.2) is 4.68 Å². The van der Waals surface area contributed by atoms with Gasteiger partial charge in [0.15, 0.2) is 0 Å².